The molecule has 1 heterocycles. The van der Waals surface area contributed by atoms with E-state index in [1.165, 1.54) is 12.8 Å². The molecule has 1 fully saturated rings. The van der Waals surface area contributed by atoms with Crippen molar-refractivity contribution < 1.29 is 17.9 Å². The summed E-state index contributed by atoms with van der Waals surface area (Å²) in [7, 11) is -3.68. The highest BCUT2D eigenvalue weighted by atomic mass is 32.2. The summed E-state index contributed by atoms with van der Waals surface area (Å²) in [6, 6.07) is 14.4. The van der Waals surface area contributed by atoms with Crippen molar-refractivity contribution in [3.63, 3.8) is 0 Å². The fourth-order valence-electron chi connectivity index (χ4n) is 3.38. The van der Waals surface area contributed by atoms with Gasteiger partial charge in [0.2, 0.25) is 15.9 Å². The topological polar surface area (TPSA) is 79.0 Å². The average Bonchev–Trinajstić information content (AvgIpc) is 3.22. The molecule has 3 rings (SSSR count). The molecule has 156 valence electrons. The van der Waals surface area contributed by atoms with Crippen molar-refractivity contribution in [1.82, 2.24) is 0 Å². The van der Waals surface area contributed by atoms with Crippen LogP contribution in [0.1, 0.15) is 19.8 Å². The van der Waals surface area contributed by atoms with Gasteiger partial charge in [-0.25, -0.2) is 8.42 Å². The number of para-hydroxylation sites is 2. The Morgan fingerprint density at radius 3 is 2.38 bits per heavy atom. The van der Waals surface area contributed by atoms with Crippen LogP contribution in [-0.2, 0) is 14.8 Å². The van der Waals surface area contributed by atoms with Crippen LogP contribution in [-0.4, -0.2) is 46.8 Å². The first-order chi connectivity index (χ1) is 13.9. The number of nitrogens with one attached hydrogen (secondary N) is 1. The average molecular weight is 418 g/mol. The molecule has 0 aliphatic carbocycles. The molecule has 1 saturated heterocycles. The number of rotatable bonds is 8. The summed E-state index contributed by atoms with van der Waals surface area (Å²) in [4.78, 5) is 14.9. The Morgan fingerprint density at radius 1 is 1.10 bits per heavy atom. The van der Waals surface area contributed by atoms with Crippen LogP contribution in [0.25, 0.3) is 0 Å². The van der Waals surface area contributed by atoms with Gasteiger partial charge in [-0.2, -0.15) is 0 Å². The lowest BCUT2D eigenvalue weighted by molar-refractivity contribution is -0.114. The van der Waals surface area contributed by atoms with E-state index < -0.39 is 15.9 Å². The molecular formula is C21H27N3O4S. The molecule has 1 aliphatic rings. The number of hydrogen-bond donors (Lipinski definition) is 1. The number of benzene rings is 2. The van der Waals surface area contributed by atoms with Gasteiger partial charge in [0, 0.05) is 24.5 Å². The predicted octanol–water partition coefficient (Wildman–Crippen LogP) is 3.09. The minimum absolute atomic E-state index is 0.337. The van der Waals surface area contributed by atoms with E-state index in [9.17, 15) is 13.2 Å². The number of hydrogen-bond acceptors (Lipinski definition) is 5. The van der Waals surface area contributed by atoms with Crippen molar-refractivity contribution in [2.75, 3.05) is 47.0 Å². The van der Waals surface area contributed by atoms with E-state index in [1.54, 1.807) is 24.3 Å². The first kappa shape index (κ1) is 21.0. The zero-order valence-corrected chi connectivity index (χ0v) is 17.6. The molecule has 0 bridgehead atoms. The van der Waals surface area contributed by atoms with E-state index in [1.807, 2.05) is 31.2 Å². The van der Waals surface area contributed by atoms with Crippen molar-refractivity contribution in [2.24, 2.45) is 0 Å². The first-order valence-electron chi connectivity index (χ1n) is 9.73. The molecule has 0 atom stereocenters. The Bertz CT molecular complexity index is 939. The van der Waals surface area contributed by atoms with E-state index in [4.69, 9.17) is 4.74 Å². The maximum atomic E-state index is 12.6. The van der Waals surface area contributed by atoms with Gasteiger partial charge in [-0.1, -0.05) is 12.1 Å². The molecule has 0 aromatic heterocycles. The Hall–Kier alpha value is -2.74. The van der Waals surface area contributed by atoms with Crippen molar-refractivity contribution >= 4 is 33.0 Å². The number of sulfonamides is 1. The minimum atomic E-state index is -3.68. The molecular weight excluding hydrogens is 390 g/mol. The predicted molar refractivity (Wildman–Crippen MR) is 116 cm³/mol. The third kappa shape index (κ3) is 5.41. The van der Waals surface area contributed by atoms with Crippen LogP contribution in [0.4, 0.5) is 17.1 Å². The number of anilines is 3. The summed E-state index contributed by atoms with van der Waals surface area (Å²) in [6.07, 6.45) is 3.47. The molecule has 7 nitrogen and oxygen atoms in total. The monoisotopic (exact) mass is 417 g/mol. The highest BCUT2D eigenvalue weighted by Gasteiger charge is 2.24. The molecule has 0 radical (unpaired) electrons. The Morgan fingerprint density at radius 2 is 1.76 bits per heavy atom. The molecule has 1 aliphatic heterocycles. The molecule has 0 saturated carbocycles. The van der Waals surface area contributed by atoms with E-state index in [-0.39, 0.29) is 6.54 Å². The van der Waals surface area contributed by atoms with Crippen LogP contribution < -0.4 is 19.3 Å². The lowest BCUT2D eigenvalue weighted by Gasteiger charge is -2.24. The second-order valence-electron chi connectivity index (χ2n) is 6.96. The van der Waals surface area contributed by atoms with Crippen LogP contribution in [0.5, 0.6) is 5.75 Å². The lowest BCUT2D eigenvalue weighted by atomic mass is 10.2. The van der Waals surface area contributed by atoms with Crippen molar-refractivity contribution in [2.45, 2.75) is 19.8 Å². The summed E-state index contributed by atoms with van der Waals surface area (Å²) in [5.41, 5.74) is 2.10. The van der Waals surface area contributed by atoms with E-state index in [2.05, 4.69) is 10.2 Å². The van der Waals surface area contributed by atoms with Gasteiger partial charge in [-0.15, -0.1) is 0 Å². The fraction of sp³-hybridized carbons (Fsp3) is 0.381. The third-order valence-corrected chi connectivity index (χ3v) is 5.87. The zero-order chi connectivity index (χ0) is 20.9. The summed E-state index contributed by atoms with van der Waals surface area (Å²) in [5.74, 6) is -0.00107. The number of carbonyl (C=O) groups excluding carboxylic acids is 1. The summed E-state index contributed by atoms with van der Waals surface area (Å²) in [6.45, 7) is 3.98. The van der Waals surface area contributed by atoms with Gasteiger partial charge in [0.15, 0.2) is 0 Å². The Kier molecular flexibility index (Phi) is 6.64. The molecule has 2 aromatic rings. The fourth-order valence-corrected chi connectivity index (χ4v) is 4.24. The summed E-state index contributed by atoms with van der Waals surface area (Å²) < 4.78 is 31.3. The molecule has 1 amide bonds. The SMILES string of the molecule is CCOc1ccccc1N(CC(=O)Nc1ccc(N2CCCC2)cc1)S(C)(=O)=O. The van der Waals surface area contributed by atoms with Gasteiger partial charge < -0.3 is 15.0 Å². The zero-order valence-electron chi connectivity index (χ0n) is 16.8. The van der Waals surface area contributed by atoms with Crippen molar-refractivity contribution in [3.8, 4) is 5.75 Å². The molecule has 29 heavy (non-hydrogen) atoms. The molecule has 8 heteroatoms. The molecule has 2 aromatic carbocycles. The molecule has 0 spiro atoms. The van der Waals surface area contributed by atoms with E-state index in [0.717, 1.165) is 29.3 Å². The maximum absolute atomic E-state index is 12.6. The number of carbonyl (C=O) groups is 1. The van der Waals surface area contributed by atoms with Crippen LogP contribution in [0, 0.1) is 0 Å². The summed E-state index contributed by atoms with van der Waals surface area (Å²) in [5, 5.41) is 2.78. The third-order valence-electron chi connectivity index (χ3n) is 4.74. The standard InChI is InChI=1S/C21H27N3O4S/c1-3-28-20-9-5-4-8-19(20)24(29(2,26)27)16-21(25)22-17-10-12-18(13-11-17)23-14-6-7-15-23/h4-5,8-13H,3,6-7,14-16H2,1-2H3,(H,22,25). The first-order valence-corrected chi connectivity index (χ1v) is 11.6. The second-order valence-corrected chi connectivity index (χ2v) is 8.87. The number of ether oxygens (including phenoxy) is 1. The lowest BCUT2D eigenvalue weighted by Crippen LogP contribution is -2.37. The van der Waals surface area contributed by atoms with E-state index >= 15 is 0 Å². The minimum Gasteiger partial charge on any atom is -0.492 e. The van der Waals surface area contributed by atoms with Gasteiger partial charge in [-0.3, -0.25) is 9.10 Å². The largest absolute Gasteiger partial charge is 0.492 e. The van der Waals surface area contributed by atoms with Gasteiger partial charge >= 0.3 is 0 Å². The van der Waals surface area contributed by atoms with Crippen LogP contribution >= 0.6 is 0 Å². The molecule has 0 unspecified atom stereocenters. The summed E-state index contributed by atoms with van der Waals surface area (Å²) >= 11 is 0. The van der Waals surface area contributed by atoms with Crippen molar-refractivity contribution in [3.05, 3.63) is 48.5 Å². The Balaban J connectivity index is 1.72. The smallest absolute Gasteiger partial charge is 0.245 e. The normalized spacial score (nSPS) is 13.9. The number of amides is 1. The number of nitrogens with zero attached hydrogens (tertiary/aromatic N) is 2. The second kappa shape index (κ2) is 9.17. The van der Waals surface area contributed by atoms with Gasteiger partial charge in [0.1, 0.15) is 12.3 Å². The Labute approximate surface area is 172 Å². The maximum Gasteiger partial charge on any atom is 0.245 e. The quantitative estimate of drug-likeness (QED) is 0.714. The van der Waals surface area contributed by atoms with Crippen LogP contribution in [0.15, 0.2) is 48.5 Å². The molecule has 1 N–H and O–H groups in total. The van der Waals surface area contributed by atoms with Gasteiger partial charge in [0.25, 0.3) is 0 Å². The van der Waals surface area contributed by atoms with Crippen LogP contribution in [0.3, 0.4) is 0 Å². The van der Waals surface area contributed by atoms with E-state index in [0.29, 0.717) is 23.7 Å². The van der Waals surface area contributed by atoms with Gasteiger partial charge in [-0.05, 0) is 56.2 Å². The highest BCUT2D eigenvalue weighted by molar-refractivity contribution is 7.92. The van der Waals surface area contributed by atoms with Crippen LogP contribution in [0.2, 0.25) is 0 Å². The van der Waals surface area contributed by atoms with Gasteiger partial charge in [0.05, 0.1) is 18.6 Å². The van der Waals surface area contributed by atoms with Crippen molar-refractivity contribution in [1.29, 1.82) is 0 Å². The highest BCUT2D eigenvalue weighted by Crippen LogP contribution is 2.30.